The monoisotopic (exact) mass is 233 g/mol. The van der Waals surface area contributed by atoms with Crippen LogP contribution in [0.15, 0.2) is 24.3 Å². The van der Waals surface area contributed by atoms with Gasteiger partial charge in [-0.2, -0.15) is 0 Å². The molecule has 92 valence electrons. The van der Waals surface area contributed by atoms with Crippen LogP contribution in [-0.4, -0.2) is 12.6 Å². The Balaban J connectivity index is 1.88. The molecule has 0 radical (unpaired) electrons. The third-order valence-corrected chi connectivity index (χ3v) is 3.09. The first-order chi connectivity index (χ1) is 8.15. The second-order valence-electron chi connectivity index (χ2n) is 4.68. The molecule has 1 atom stereocenters. The van der Waals surface area contributed by atoms with E-state index in [1.165, 1.54) is 18.4 Å². The lowest BCUT2D eigenvalue weighted by atomic mass is 10.1. The summed E-state index contributed by atoms with van der Waals surface area (Å²) in [5.41, 5.74) is 7.00. The number of primary amides is 1. The van der Waals surface area contributed by atoms with Crippen LogP contribution in [0, 0.1) is 5.92 Å². The van der Waals surface area contributed by atoms with Crippen molar-refractivity contribution in [2.24, 2.45) is 11.7 Å². The highest BCUT2D eigenvalue weighted by Crippen LogP contribution is 2.28. The molecule has 0 saturated heterocycles. The van der Waals surface area contributed by atoms with Crippen molar-refractivity contribution in [1.29, 1.82) is 0 Å². The lowest BCUT2D eigenvalue weighted by Crippen LogP contribution is -2.21. The summed E-state index contributed by atoms with van der Waals surface area (Å²) < 4.78 is 0. The number of carbonyl (C=O) groups excluding carboxylic acids is 1. The van der Waals surface area contributed by atoms with Gasteiger partial charge in [0.1, 0.15) is 0 Å². The molecule has 1 aromatic rings. The van der Waals surface area contributed by atoms with Gasteiger partial charge in [0.25, 0.3) is 0 Å². The SMILES string of the molecule is CC(NCC1CC1)c1ccc(NC(N)=O)cc1. The quantitative estimate of drug-likeness (QED) is 0.730. The van der Waals surface area contributed by atoms with Gasteiger partial charge < -0.3 is 16.4 Å². The van der Waals surface area contributed by atoms with Gasteiger partial charge >= 0.3 is 6.03 Å². The van der Waals surface area contributed by atoms with Gasteiger partial charge in [0.15, 0.2) is 0 Å². The second-order valence-corrected chi connectivity index (χ2v) is 4.68. The minimum absolute atomic E-state index is 0.346. The predicted octanol–water partition coefficient (Wildman–Crippen LogP) is 2.24. The Labute approximate surface area is 102 Å². The molecule has 4 heteroatoms. The third kappa shape index (κ3) is 3.75. The van der Waals surface area contributed by atoms with Gasteiger partial charge in [-0.05, 0) is 49.9 Å². The lowest BCUT2D eigenvalue weighted by molar-refractivity contribution is 0.259. The van der Waals surface area contributed by atoms with Crippen molar-refractivity contribution in [3.05, 3.63) is 29.8 Å². The summed E-state index contributed by atoms with van der Waals surface area (Å²) in [4.78, 5) is 10.7. The van der Waals surface area contributed by atoms with Crippen LogP contribution in [0.2, 0.25) is 0 Å². The zero-order chi connectivity index (χ0) is 12.3. The van der Waals surface area contributed by atoms with Crippen LogP contribution in [0.3, 0.4) is 0 Å². The number of nitrogens with one attached hydrogen (secondary N) is 2. The number of nitrogens with two attached hydrogens (primary N) is 1. The number of anilines is 1. The van der Waals surface area contributed by atoms with E-state index in [2.05, 4.69) is 17.6 Å². The molecule has 4 nitrogen and oxygen atoms in total. The Morgan fingerprint density at radius 2 is 2.06 bits per heavy atom. The van der Waals surface area contributed by atoms with Crippen molar-refractivity contribution in [2.75, 3.05) is 11.9 Å². The van der Waals surface area contributed by atoms with Gasteiger partial charge in [0, 0.05) is 11.7 Å². The maximum atomic E-state index is 10.7. The molecule has 17 heavy (non-hydrogen) atoms. The van der Waals surface area contributed by atoms with Crippen LogP contribution in [0.4, 0.5) is 10.5 Å². The van der Waals surface area contributed by atoms with Crippen molar-refractivity contribution in [1.82, 2.24) is 5.32 Å². The first kappa shape index (κ1) is 11.9. The van der Waals surface area contributed by atoms with Gasteiger partial charge in [-0.1, -0.05) is 12.1 Å². The normalized spacial score (nSPS) is 16.5. The summed E-state index contributed by atoms with van der Waals surface area (Å²) in [5.74, 6) is 0.883. The van der Waals surface area contributed by atoms with E-state index in [4.69, 9.17) is 5.73 Å². The van der Waals surface area contributed by atoms with Gasteiger partial charge in [-0.15, -0.1) is 0 Å². The zero-order valence-electron chi connectivity index (χ0n) is 10.1. The summed E-state index contributed by atoms with van der Waals surface area (Å²) >= 11 is 0. The maximum absolute atomic E-state index is 10.7. The fourth-order valence-corrected chi connectivity index (χ4v) is 1.78. The zero-order valence-corrected chi connectivity index (χ0v) is 10.1. The minimum Gasteiger partial charge on any atom is -0.351 e. The Hall–Kier alpha value is -1.55. The minimum atomic E-state index is -0.530. The highest BCUT2D eigenvalue weighted by atomic mass is 16.2. The molecular weight excluding hydrogens is 214 g/mol. The number of rotatable bonds is 5. The van der Waals surface area contributed by atoms with Crippen molar-refractivity contribution < 1.29 is 4.79 Å². The van der Waals surface area contributed by atoms with Crippen LogP contribution in [0.1, 0.15) is 31.4 Å². The number of carbonyl (C=O) groups is 1. The van der Waals surface area contributed by atoms with E-state index in [0.29, 0.717) is 6.04 Å². The summed E-state index contributed by atoms with van der Waals surface area (Å²) in [5, 5.41) is 6.06. The largest absolute Gasteiger partial charge is 0.351 e. The second kappa shape index (κ2) is 5.19. The van der Waals surface area contributed by atoms with Crippen molar-refractivity contribution in [3.63, 3.8) is 0 Å². The summed E-state index contributed by atoms with van der Waals surface area (Å²) in [7, 11) is 0. The first-order valence-electron chi connectivity index (χ1n) is 6.05. The first-order valence-corrected chi connectivity index (χ1v) is 6.05. The van der Waals surface area contributed by atoms with Crippen molar-refractivity contribution in [3.8, 4) is 0 Å². The molecule has 0 spiro atoms. The van der Waals surface area contributed by atoms with Crippen LogP contribution >= 0.6 is 0 Å². The van der Waals surface area contributed by atoms with Crippen LogP contribution in [0.5, 0.6) is 0 Å². The van der Waals surface area contributed by atoms with E-state index in [1.54, 1.807) is 0 Å². The van der Waals surface area contributed by atoms with Crippen LogP contribution in [-0.2, 0) is 0 Å². The van der Waals surface area contributed by atoms with Gasteiger partial charge in [0.05, 0.1) is 0 Å². The number of benzene rings is 1. The highest BCUT2D eigenvalue weighted by Gasteiger charge is 2.21. The predicted molar refractivity (Wildman–Crippen MR) is 68.8 cm³/mol. The van der Waals surface area contributed by atoms with Crippen LogP contribution in [0.25, 0.3) is 0 Å². The summed E-state index contributed by atoms with van der Waals surface area (Å²) in [6, 6.07) is 7.58. The van der Waals surface area contributed by atoms with E-state index in [1.807, 2.05) is 24.3 Å². The van der Waals surface area contributed by atoms with Crippen molar-refractivity contribution >= 4 is 11.7 Å². The van der Waals surface area contributed by atoms with Crippen LogP contribution < -0.4 is 16.4 Å². The molecule has 0 aliphatic heterocycles. The summed E-state index contributed by atoms with van der Waals surface area (Å²) in [6.45, 7) is 3.25. The average molecular weight is 233 g/mol. The molecule has 1 saturated carbocycles. The molecule has 1 unspecified atom stereocenters. The van der Waals surface area contributed by atoms with Gasteiger partial charge in [0.2, 0.25) is 0 Å². The third-order valence-electron chi connectivity index (χ3n) is 3.09. The van der Waals surface area contributed by atoms with Crippen molar-refractivity contribution in [2.45, 2.75) is 25.8 Å². The molecule has 1 aliphatic carbocycles. The Morgan fingerprint density at radius 1 is 1.41 bits per heavy atom. The fraction of sp³-hybridized carbons (Fsp3) is 0.462. The fourth-order valence-electron chi connectivity index (χ4n) is 1.78. The molecule has 2 rings (SSSR count). The summed E-state index contributed by atoms with van der Waals surface area (Å²) in [6.07, 6.45) is 2.72. The molecule has 0 bridgehead atoms. The molecular formula is C13H19N3O. The molecule has 1 aromatic carbocycles. The lowest BCUT2D eigenvalue weighted by Gasteiger charge is -2.14. The topological polar surface area (TPSA) is 67.2 Å². The van der Waals surface area contributed by atoms with E-state index >= 15 is 0 Å². The van der Waals surface area contributed by atoms with E-state index < -0.39 is 6.03 Å². The molecule has 2 amide bonds. The average Bonchev–Trinajstić information content (AvgIpc) is 3.10. The number of hydrogen-bond acceptors (Lipinski definition) is 2. The van der Waals surface area contributed by atoms with Gasteiger partial charge in [-0.3, -0.25) is 0 Å². The molecule has 1 fully saturated rings. The number of amides is 2. The van der Waals surface area contributed by atoms with Gasteiger partial charge in [-0.25, -0.2) is 4.79 Å². The Bertz CT molecular complexity index is 384. The van der Waals surface area contributed by atoms with E-state index in [-0.39, 0.29) is 0 Å². The smallest absolute Gasteiger partial charge is 0.316 e. The standard InChI is InChI=1S/C13H19N3O/c1-9(15-8-10-2-3-10)11-4-6-12(7-5-11)16-13(14)17/h4-7,9-10,15H,2-3,8H2,1H3,(H3,14,16,17). The maximum Gasteiger partial charge on any atom is 0.316 e. The molecule has 1 aliphatic rings. The number of hydrogen-bond donors (Lipinski definition) is 3. The molecule has 0 aromatic heterocycles. The molecule has 4 N–H and O–H groups in total. The Morgan fingerprint density at radius 3 is 2.59 bits per heavy atom. The highest BCUT2D eigenvalue weighted by molar-refractivity contribution is 5.87. The number of urea groups is 1. The van der Waals surface area contributed by atoms with E-state index in [0.717, 1.165) is 18.2 Å². The molecule has 0 heterocycles. The van der Waals surface area contributed by atoms with E-state index in [9.17, 15) is 4.79 Å². The Kier molecular flexibility index (Phi) is 3.64.